The van der Waals surface area contributed by atoms with E-state index >= 15 is 0 Å². The van der Waals surface area contributed by atoms with Gasteiger partial charge in [0.15, 0.2) is 0 Å². The lowest BCUT2D eigenvalue weighted by Gasteiger charge is -2.25. The fourth-order valence-electron chi connectivity index (χ4n) is 2.80. The van der Waals surface area contributed by atoms with E-state index in [9.17, 15) is 18.0 Å². The van der Waals surface area contributed by atoms with Crippen LogP contribution in [-0.4, -0.2) is 64.4 Å². The van der Waals surface area contributed by atoms with Gasteiger partial charge >= 0.3 is 0 Å². The van der Waals surface area contributed by atoms with Crippen molar-refractivity contribution >= 4 is 21.8 Å². The number of piperidine rings is 1. The summed E-state index contributed by atoms with van der Waals surface area (Å²) in [7, 11) is -1.93. The molecule has 27 heavy (non-hydrogen) atoms. The number of ether oxygens (including phenoxy) is 1. The van der Waals surface area contributed by atoms with Crippen molar-refractivity contribution in [1.82, 2.24) is 14.9 Å². The molecule has 1 fully saturated rings. The molecule has 0 spiro atoms. The zero-order valence-corrected chi connectivity index (χ0v) is 16.4. The van der Waals surface area contributed by atoms with E-state index in [1.165, 1.54) is 28.6 Å². The quantitative estimate of drug-likeness (QED) is 0.598. The molecular weight excluding hydrogens is 370 g/mol. The van der Waals surface area contributed by atoms with Crippen molar-refractivity contribution in [2.45, 2.75) is 30.6 Å². The topological polar surface area (TPSA) is 105 Å². The molecule has 1 aliphatic heterocycles. The maximum Gasteiger partial charge on any atom is 0.251 e. The summed E-state index contributed by atoms with van der Waals surface area (Å²) in [5.41, 5.74) is 0.305. The third-order valence-corrected chi connectivity index (χ3v) is 6.24. The monoisotopic (exact) mass is 397 g/mol. The average molecular weight is 397 g/mol. The Morgan fingerprint density at radius 1 is 1.07 bits per heavy atom. The van der Waals surface area contributed by atoms with Gasteiger partial charge < -0.3 is 15.4 Å². The summed E-state index contributed by atoms with van der Waals surface area (Å²) in [5, 5.41) is 5.19. The van der Waals surface area contributed by atoms with Gasteiger partial charge in [-0.25, -0.2) is 8.42 Å². The van der Waals surface area contributed by atoms with Crippen LogP contribution in [-0.2, 0) is 19.6 Å². The van der Waals surface area contributed by atoms with Gasteiger partial charge in [0, 0.05) is 38.9 Å². The molecule has 2 amide bonds. The Morgan fingerprint density at radius 3 is 2.37 bits per heavy atom. The number of nitrogens with zero attached hydrogens (tertiary/aromatic N) is 1. The van der Waals surface area contributed by atoms with Gasteiger partial charge in [-0.2, -0.15) is 4.31 Å². The first-order chi connectivity index (χ1) is 12.9. The molecule has 9 heteroatoms. The summed E-state index contributed by atoms with van der Waals surface area (Å²) in [6, 6.07) is 5.79. The fourth-order valence-corrected chi connectivity index (χ4v) is 4.32. The summed E-state index contributed by atoms with van der Waals surface area (Å²) in [6.07, 6.45) is 3.48. The molecule has 2 rings (SSSR count). The highest BCUT2D eigenvalue weighted by Gasteiger charge is 2.25. The molecule has 1 heterocycles. The van der Waals surface area contributed by atoms with Crippen molar-refractivity contribution in [3.63, 3.8) is 0 Å². The number of rotatable bonds is 9. The second-order valence-corrected chi connectivity index (χ2v) is 8.31. The zero-order valence-electron chi connectivity index (χ0n) is 15.6. The predicted octanol–water partition coefficient (Wildman–Crippen LogP) is 0.744. The van der Waals surface area contributed by atoms with E-state index in [-0.39, 0.29) is 17.3 Å². The Bertz CT molecular complexity index is 728. The van der Waals surface area contributed by atoms with Gasteiger partial charge in [-0.1, -0.05) is 6.42 Å². The molecule has 0 unspecified atom stereocenters. The van der Waals surface area contributed by atoms with E-state index in [4.69, 9.17) is 4.74 Å². The molecule has 1 aromatic carbocycles. The molecule has 0 atom stereocenters. The number of amides is 2. The summed E-state index contributed by atoms with van der Waals surface area (Å²) < 4.78 is 31.6. The minimum Gasteiger partial charge on any atom is -0.385 e. The van der Waals surface area contributed by atoms with E-state index in [2.05, 4.69) is 10.6 Å². The summed E-state index contributed by atoms with van der Waals surface area (Å²) in [4.78, 5) is 23.9. The number of hydrogen-bond acceptors (Lipinski definition) is 5. The normalized spacial score (nSPS) is 15.3. The maximum atomic E-state index is 12.6. The molecule has 0 saturated carbocycles. The summed E-state index contributed by atoms with van der Waals surface area (Å²) in [5.74, 6) is -0.715. The summed E-state index contributed by atoms with van der Waals surface area (Å²) in [6.45, 7) is 1.96. The van der Waals surface area contributed by atoms with Crippen LogP contribution in [0.25, 0.3) is 0 Å². The lowest BCUT2D eigenvalue weighted by atomic mass is 10.2. The van der Waals surface area contributed by atoms with Gasteiger partial charge in [0.1, 0.15) is 0 Å². The fraction of sp³-hybridized carbons (Fsp3) is 0.556. The Morgan fingerprint density at radius 2 is 1.74 bits per heavy atom. The Kier molecular flexibility index (Phi) is 8.21. The lowest BCUT2D eigenvalue weighted by molar-refractivity contribution is -0.120. The van der Waals surface area contributed by atoms with Crippen molar-refractivity contribution < 1.29 is 22.7 Å². The zero-order chi connectivity index (χ0) is 19.7. The molecule has 0 bridgehead atoms. The van der Waals surface area contributed by atoms with Crippen LogP contribution in [0.15, 0.2) is 29.2 Å². The van der Waals surface area contributed by atoms with E-state index in [1.54, 1.807) is 7.11 Å². The third kappa shape index (κ3) is 6.30. The third-order valence-electron chi connectivity index (χ3n) is 4.33. The van der Waals surface area contributed by atoms with Gasteiger partial charge in [-0.15, -0.1) is 0 Å². The second-order valence-electron chi connectivity index (χ2n) is 6.37. The molecule has 0 radical (unpaired) electrons. The number of benzene rings is 1. The van der Waals surface area contributed by atoms with Gasteiger partial charge in [0.05, 0.1) is 11.4 Å². The molecule has 8 nitrogen and oxygen atoms in total. The van der Waals surface area contributed by atoms with Crippen molar-refractivity contribution in [2.75, 3.05) is 39.9 Å². The van der Waals surface area contributed by atoms with Crippen LogP contribution in [0.2, 0.25) is 0 Å². The van der Waals surface area contributed by atoms with Crippen molar-refractivity contribution in [3.8, 4) is 0 Å². The number of methoxy groups -OCH3 is 1. The average Bonchev–Trinajstić information content (AvgIpc) is 2.70. The second kappa shape index (κ2) is 10.4. The molecule has 0 aliphatic carbocycles. The van der Waals surface area contributed by atoms with Crippen LogP contribution in [0, 0.1) is 0 Å². The van der Waals surface area contributed by atoms with Crippen molar-refractivity contribution in [1.29, 1.82) is 0 Å². The Labute approximate surface area is 160 Å². The lowest BCUT2D eigenvalue weighted by Crippen LogP contribution is -2.37. The smallest absolute Gasteiger partial charge is 0.251 e. The first-order valence-electron chi connectivity index (χ1n) is 9.09. The van der Waals surface area contributed by atoms with Gasteiger partial charge in [0.2, 0.25) is 15.9 Å². The SMILES string of the molecule is COCCCNC(=O)CNC(=O)c1ccc(S(=O)(=O)N2CCCCC2)cc1. The van der Waals surface area contributed by atoms with E-state index < -0.39 is 15.9 Å². The van der Waals surface area contributed by atoms with Crippen LogP contribution in [0.4, 0.5) is 0 Å². The number of hydrogen-bond donors (Lipinski definition) is 2. The van der Waals surface area contributed by atoms with Gasteiger partial charge in [-0.3, -0.25) is 9.59 Å². The van der Waals surface area contributed by atoms with Crippen LogP contribution >= 0.6 is 0 Å². The van der Waals surface area contributed by atoms with E-state index in [0.717, 1.165) is 19.3 Å². The number of carbonyl (C=O) groups is 2. The van der Waals surface area contributed by atoms with Gasteiger partial charge in [-0.05, 0) is 43.5 Å². The highest BCUT2D eigenvalue weighted by Crippen LogP contribution is 2.20. The molecule has 0 aromatic heterocycles. The highest BCUT2D eigenvalue weighted by atomic mass is 32.2. The number of sulfonamides is 1. The van der Waals surface area contributed by atoms with Crippen LogP contribution < -0.4 is 10.6 Å². The maximum absolute atomic E-state index is 12.6. The van der Waals surface area contributed by atoms with Crippen LogP contribution in [0.5, 0.6) is 0 Å². The van der Waals surface area contributed by atoms with Crippen molar-refractivity contribution in [3.05, 3.63) is 29.8 Å². The number of nitrogens with one attached hydrogen (secondary N) is 2. The Hall–Kier alpha value is -1.97. The minimum absolute atomic E-state index is 0.139. The predicted molar refractivity (Wildman–Crippen MR) is 101 cm³/mol. The van der Waals surface area contributed by atoms with E-state index in [1.807, 2.05) is 0 Å². The summed E-state index contributed by atoms with van der Waals surface area (Å²) >= 11 is 0. The molecule has 1 saturated heterocycles. The van der Waals surface area contributed by atoms with Crippen molar-refractivity contribution in [2.24, 2.45) is 0 Å². The standard InChI is InChI=1S/C18H27N3O5S/c1-26-13-5-10-19-17(22)14-20-18(23)15-6-8-16(9-7-15)27(24,25)21-11-3-2-4-12-21/h6-9H,2-5,10-14H2,1H3,(H,19,22)(H,20,23). The molecule has 1 aromatic rings. The highest BCUT2D eigenvalue weighted by molar-refractivity contribution is 7.89. The largest absolute Gasteiger partial charge is 0.385 e. The van der Waals surface area contributed by atoms with Crippen LogP contribution in [0.3, 0.4) is 0 Å². The molecular formula is C18H27N3O5S. The number of carbonyl (C=O) groups excluding carboxylic acids is 2. The molecule has 150 valence electrons. The van der Waals surface area contributed by atoms with E-state index in [0.29, 0.717) is 38.2 Å². The molecule has 2 N–H and O–H groups in total. The van der Waals surface area contributed by atoms with Gasteiger partial charge in [0.25, 0.3) is 5.91 Å². The molecule has 1 aliphatic rings. The van der Waals surface area contributed by atoms with Crippen LogP contribution in [0.1, 0.15) is 36.0 Å². The minimum atomic E-state index is -3.52. The first kappa shape index (κ1) is 21.3. The first-order valence-corrected chi connectivity index (χ1v) is 10.5. The Balaban J connectivity index is 1.87.